The molecule has 0 aromatic heterocycles. The zero-order valence-electron chi connectivity index (χ0n) is 16.4. The molecule has 1 aliphatic carbocycles. The van der Waals surface area contributed by atoms with Crippen LogP contribution in [-0.4, -0.2) is 0 Å². The zero-order chi connectivity index (χ0) is 19.5. The minimum Gasteiger partial charge on any atom is -0.205 e. The van der Waals surface area contributed by atoms with Crippen molar-refractivity contribution in [3.8, 4) is 22.3 Å². The first-order chi connectivity index (χ1) is 13.7. The lowest BCUT2D eigenvalue weighted by atomic mass is 9.98. The predicted molar refractivity (Wildman–Crippen MR) is 118 cm³/mol. The van der Waals surface area contributed by atoms with Gasteiger partial charge < -0.3 is 0 Å². The molecular weight excluding hydrogens is 367 g/mol. The predicted octanol–water partition coefficient (Wildman–Crippen LogP) is 8.23. The van der Waals surface area contributed by atoms with Gasteiger partial charge in [-0.15, -0.1) is 0 Å². The van der Waals surface area contributed by atoms with Crippen molar-refractivity contribution in [3.63, 3.8) is 0 Å². The third kappa shape index (κ3) is 4.00. The van der Waals surface area contributed by atoms with E-state index in [1.165, 1.54) is 72.4 Å². The Morgan fingerprint density at radius 1 is 0.786 bits per heavy atom. The van der Waals surface area contributed by atoms with E-state index in [2.05, 4.69) is 43.3 Å². The Balaban J connectivity index is 1.51. The molecule has 3 aromatic rings. The van der Waals surface area contributed by atoms with E-state index in [9.17, 15) is 4.39 Å². The van der Waals surface area contributed by atoms with Crippen molar-refractivity contribution in [1.82, 2.24) is 0 Å². The normalized spacial score (nSPS) is 12.1. The summed E-state index contributed by atoms with van der Waals surface area (Å²) in [5.74, 6) is -0.369. The van der Waals surface area contributed by atoms with Gasteiger partial charge in [-0.3, -0.25) is 0 Å². The van der Waals surface area contributed by atoms with Gasteiger partial charge >= 0.3 is 0 Å². The second-order valence-electron chi connectivity index (χ2n) is 7.83. The number of hydrogen-bond donors (Lipinski definition) is 0. The van der Waals surface area contributed by atoms with E-state index >= 15 is 0 Å². The van der Waals surface area contributed by atoms with Crippen LogP contribution < -0.4 is 0 Å². The van der Waals surface area contributed by atoms with Crippen molar-refractivity contribution in [2.45, 2.75) is 51.9 Å². The molecule has 1 aliphatic rings. The van der Waals surface area contributed by atoms with Gasteiger partial charge in [-0.2, -0.15) is 0 Å². The molecule has 0 fully saturated rings. The molecule has 0 heterocycles. The second-order valence-corrected chi connectivity index (χ2v) is 8.24. The van der Waals surface area contributed by atoms with E-state index in [1.54, 1.807) is 6.07 Å². The van der Waals surface area contributed by atoms with Gasteiger partial charge in [0.15, 0.2) is 0 Å². The van der Waals surface area contributed by atoms with Gasteiger partial charge in [-0.25, -0.2) is 4.39 Å². The molecule has 0 bridgehead atoms. The molecule has 0 atom stereocenters. The number of hydrogen-bond acceptors (Lipinski definition) is 0. The van der Waals surface area contributed by atoms with Crippen LogP contribution in [0.1, 0.15) is 55.7 Å². The van der Waals surface area contributed by atoms with Gasteiger partial charge in [0.2, 0.25) is 0 Å². The Morgan fingerprint density at radius 2 is 1.46 bits per heavy atom. The first-order valence-electron chi connectivity index (χ1n) is 10.4. The van der Waals surface area contributed by atoms with Gasteiger partial charge in [-0.05, 0) is 70.3 Å². The maximum atomic E-state index is 13.8. The van der Waals surface area contributed by atoms with Crippen molar-refractivity contribution in [3.05, 3.63) is 82.1 Å². The largest absolute Gasteiger partial charge is 0.205 e. The SMILES string of the molecule is CCCCCCCc1ccc2c(c1)Cc1cc(-c3ccc(Cl)c(F)c3)ccc1-2. The lowest BCUT2D eigenvalue weighted by molar-refractivity contribution is 0.629. The quantitative estimate of drug-likeness (QED) is 0.278. The molecule has 0 radical (unpaired) electrons. The molecule has 0 saturated heterocycles. The van der Waals surface area contributed by atoms with Gasteiger partial charge in [0.05, 0.1) is 5.02 Å². The molecule has 0 nitrogen and oxygen atoms in total. The van der Waals surface area contributed by atoms with Crippen LogP contribution in [0.2, 0.25) is 5.02 Å². The van der Waals surface area contributed by atoms with E-state index in [0.717, 1.165) is 17.5 Å². The summed E-state index contributed by atoms with van der Waals surface area (Å²) in [5.41, 5.74) is 8.75. The van der Waals surface area contributed by atoms with Crippen molar-refractivity contribution < 1.29 is 4.39 Å². The molecule has 3 aromatic carbocycles. The maximum absolute atomic E-state index is 13.8. The highest BCUT2D eigenvalue weighted by molar-refractivity contribution is 6.30. The molecule has 0 spiro atoms. The van der Waals surface area contributed by atoms with Crippen LogP contribution in [-0.2, 0) is 12.8 Å². The number of aryl methyl sites for hydroxylation is 1. The van der Waals surface area contributed by atoms with E-state index in [4.69, 9.17) is 11.6 Å². The highest BCUT2D eigenvalue weighted by Gasteiger charge is 2.19. The summed E-state index contributed by atoms with van der Waals surface area (Å²) in [6, 6.07) is 18.4. The first kappa shape index (κ1) is 19.2. The number of benzene rings is 3. The zero-order valence-corrected chi connectivity index (χ0v) is 17.2. The Kier molecular flexibility index (Phi) is 5.82. The average molecular weight is 393 g/mol. The summed E-state index contributed by atoms with van der Waals surface area (Å²) in [6.07, 6.45) is 8.72. The van der Waals surface area contributed by atoms with Gasteiger partial charge in [0.1, 0.15) is 5.82 Å². The molecule has 2 heteroatoms. The molecule has 0 amide bonds. The van der Waals surface area contributed by atoms with Crippen LogP contribution in [0.4, 0.5) is 4.39 Å². The summed E-state index contributed by atoms with van der Waals surface area (Å²) in [6.45, 7) is 2.26. The van der Waals surface area contributed by atoms with E-state index in [0.29, 0.717) is 0 Å². The minimum atomic E-state index is -0.369. The highest BCUT2D eigenvalue weighted by Crippen LogP contribution is 2.39. The van der Waals surface area contributed by atoms with Crippen LogP contribution in [0.5, 0.6) is 0 Å². The second kappa shape index (κ2) is 8.49. The lowest BCUT2D eigenvalue weighted by Crippen LogP contribution is -1.89. The highest BCUT2D eigenvalue weighted by atomic mass is 35.5. The van der Waals surface area contributed by atoms with Crippen LogP contribution in [0, 0.1) is 5.82 Å². The summed E-state index contributed by atoms with van der Waals surface area (Å²) in [4.78, 5) is 0. The van der Waals surface area contributed by atoms with Gasteiger partial charge in [-0.1, -0.05) is 86.7 Å². The Hall–Kier alpha value is -2.12. The third-order valence-electron chi connectivity index (χ3n) is 5.77. The third-order valence-corrected chi connectivity index (χ3v) is 6.07. The Bertz CT molecular complexity index is 990. The molecule has 4 rings (SSSR count). The van der Waals surface area contributed by atoms with Crippen LogP contribution in [0.3, 0.4) is 0 Å². The number of unbranched alkanes of at least 4 members (excludes halogenated alkanes) is 4. The minimum absolute atomic E-state index is 0.166. The van der Waals surface area contributed by atoms with Crippen LogP contribution in [0.15, 0.2) is 54.6 Å². The fraction of sp³-hybridized carbons (Fsp3) is 0.308. The maximum Gasteiger partial charge on any atom is 0.142 e. The van der Waals surface area contributed by atoms with Crippen LogP contribution >= 0.6 is 11.6 Å². The Morgan fingerprint density at radius 3 is 2.25 bits per heavy atom. The van der Waals surface area contributed by atoms with E-state index in [1.807, 2.05) is 6.07 Å². The molecule has 0 aliphatic heterocycles. The standard InChI is InChI=1S/C26H26ClF/c1-2-3-4-5-6-7-18-8-11-23-21(14-18)16-22-15-19(9-12-24(22)23)20-10-13-25(27)26(28)17-20/h8-15,17H,2-7,16H2,1H3. The number of fused-ring (bicyclic) bond motifs is 3. The monoisotopic (exact) mass is 392 g/mol. The van der Waals surface area contributed by atoms with E-state index < -0.39 is 0 Å². The summed E-state index contributed by atoms with van der Waals surface area (Å²) < 4.78 is 13.8. The number of halogens is 2. The van der Waals surface area contributed by atoms with Crippen molar-refractivity contribution in [2.24, 2.45) is 0 Å². The average Bonchev–Trinajstić information content (AvgIpc) is 3.06. The Labute approximate surface area is 172 Å². The molecular formula is C26H26ClF. The van der Waals surface area contributed by atoms with Crippen molar-refractivity contribution in [1.29, 1.82) is 0 Å². The smallest absolute Gasteiger partial charge is 0.142 e. The van der Waals surface area contributed by atoms with Gasteiger partial charge in [0, 0.05) is 0 Å². The topological polar surface area (TPSA) is 0 Å². The van der Waals surface area contributed by atoms with Crippen molar-refractivity contribution >= 4 is 11.6 Å². The summed E-state index contributed by atoms with van der Waals surface area (Å²) in [5, 5.41) is 0.166. The van der Waals surface area contributed by atoms with E-state index in [-0.39, 0.29) is 10.8 Å². The first-order valence-corrected chi connectivity index (χ1v) is 10.7. The fourth-order valence-corrected chi connectivity index (χ4v) is 4.32. The van der Waals surface area contributed by atoms with Crippen molar-refractivity contribution in [2.75, 3.05) is 0 Å². The summed E-state index contributed by atoms with van der Waals surface area (Å²) in [7, 11) is 0. The molecule has 144 valence electrons. The summed E-state index contributed by atoms with van der Waals surface area (Å²) >= 11 is 5.82. The molecule has 0 unspecified atom stereocenters. The molecule has 0 N–H and O–H groups in total. The molecule has 0 saturated carbocycles. The van der Waals surface area contributed by atoms with Gasteiger partial charge in [0.25, 0.3) is 0 Å². The molecule has 28 heavy (non-hydrogen) atoms. The lowest BCUT2D eigenvalue weighted by Gasteiger charge is -2.07. The van der Waals surface area contributed by atoms with Crippen LogP contribution in [0.25, 0.3) is 22.3 Å². The fourth-order valence-electron chi connectivity index (χ4n) is 4.21. The number of rotatable bonds is 7.